The van der Waals surface area contributed by atoms with Gasteiger partial charge in [-0.05, 0) is 31.9 Å². The van der Waals surface area contributed by atoms with Crippen molar-refractivity contribution in [3.05, 3.63) is 21.9 Å². The van der Waals surface area contributed by atoms with Gasteiger partial charge in [0.2, 0.25) is 11.8 Å². The fourth-order valence-corrected chi connectivity index (χ4v) is 3.29. The first-order valence-electron chi connectivity index (χ1n) is 7.70. The Labute approximate surface area is 134 Å². The van der Waals surface area contributed by atoms with Crippen molar-refractivity contribution in [3.63, 3.8) is 0 Å². The molecule has 0 spiro atoms. The minimum atomic E-state index is -0.171. The molecule has 0 aliphatic carbocycles. The molecule has 5 nitrogen and oxygen atoms in total. The van der Waals surface area contributed by atoms with Crippen molar-refractivity contribution in [3.8, 4) is 0 Å². The number of hydrogen-bond acceptors (Lipinski definition) is 4. The summed E-state index contributed by atoms with van der Waals surface area (Å²) in [4.78, 5) is 39.0. The van der Waals surface area contributed by atoms with Gasteiger partial charge in [-0.15, -0.1) is 11.3 Å². The van der Waals surface area contributed by atoms with Crippen LogP contribution >= 0.6 is 11.3 Å². The molecule has 1 aromatic heterocycles. The number of amides is 2. The first kappa shape index (κ1) is 16.7. The first-order valence-corrected chi connectivity index (χ1v) is 8.52. The second-order valence-corrected chi connectivity index (χ2v) is 6.81. The largest absolute Gasteiger partial charge is 0.356 e. The van der Waals surface area contributed by atoms with Crippen molar-refractivity contribution in [1.82, 2.24) is 10.2 Å². The monoisotopic (exact) mass is 322 g/mol. The average Bonchev–Trinajstić information content (AvgIpc) is 3.15. The normalized spacial score (nSPS) is 14.1. The van der Waals surface area contributed by atoms with E-state index in [4.69, 9.17) is 0 Å². The van der Waals surface area contributed by atoms with Gasteiger partial charge >= 0.3 is 0 Å². The molecule has 22 heavy (non-hydrogen) atoms. The van der Waals surface area contributed by atoms with E-state index in [-0.39, 0.29) is 30.4 Å². The smallest absolute Gasteiger partial charge is 0.224 e. The van der Waals surface area contributed by atoms with Crippen molar-refractivity contribution < 1.29 is 14.4 Å². The summed E-state index contributed by atoms with van der Waals surface area (Å²) in [6, 6.07) is 3.71. The lowest BCUT2D eigenvalue weighted by Crippen LogP contribution is -2.32. The molecule has 2 amide bonds. The highest BCUT2D eigenvalue weighted by Gasteiger charge is 2.17. The quantitative estimate of drug-likeness (QED) is 0.782. The summed E-state index contributed by atoms with van der Waals surface area (Å²) in [6.07, 6.45) is 2.87. The second kappa shape index (κ2) is 8.08. The lowest BCUT2D eigenvalue weighted by Gasteiger charge is -2.15. The van der Waals surface area contributed by atoms with Crippen LogP contribution in [0.3, 0.4) is 0 Å². The van der Waals surface area contributed by atoms with E-state index in [0.29, 0.717) is 17.8 Å². The van der Waals surface area contributed by atoms with Gasteiger partial charge in [0.25, 0.3) is 0 Å². The summed E-state index contributed by atoms with van der Waals surface area (Å²) < 4.78 is 0. The van der Waals surface area contributed by atoms with Gasteiger partial charge in [-0.3, -0.25) is 14.4 Å². The number of Topliss-reactive ketones (excluding diaryl/α,β-unsaturated/α-hetero) is 1. The van der Waals surface area contributed by atoms with Crippen LogP contribution in [0.1, 0.15) is 46.7 Å². The molecule has 2 heterocycles. The van der Waals surface area contributed by atoms with Crippen LogP contribution in [-0.4, -0.2) is 42.1 Å². The third-order valence-electron chi connectivity index (χ3n) is 3.71. The molecule has 1 aliphatic heterocycles. The average molecular weight is 322 g/mol. The highest BCUT2D eigenvalue weighted by Crippen LogP contribution is 2.17. The van der Waals surface area contributed by atoms with E-state index in [1.165, 1.54) is 11.3 Å². The number of thiophene rings is 1. The third-order valence-corrected chi connectivity index (χ3v) is 4.76. The summed E-state index contributed by atoms with van der Waals surface area (Å²) >= 11 is 1.45. The Balaban J connectivity index is 1.61. The number of rotatable bonds is 7. The molecule has 0 bridgehead atoms. The minimum Gasteiger partial charge on any atom is -0.356 e. The molecular weight excluding hydrogens is 300 g/mol. The van der Waals surface area contributed by atoms with Crippen LogP contribution in [0.2, 0.25) is 0 Å². The van der Waals surface area contributed by atoms with Crippen LogP contribution in [0.15, 0.2) is 12.1 Å². The van der Waals surface area contributed by atoms with E-state index >= 15 is 0 Å². The highest BCUT2D eigenvalue weighted by molar-refractivity contribution is 7.14. The Morgan fingerprint density at radius 1 is 1.14 bits per heavy atom. The van der Waals surface area contributed by atoms with Crippen molar-refractivity contribution in [2.75, 3.05) is 19.6 Å². The molecule has 1 saturated heterocycles. The van der Waals surface area contributed by atoms with Gasteiger partial charge in [0, 0.05) is 43.8 Å². The van der Waals surface area contributed by atoms with E-state index < -0.39 is 0 Å². The number of carbonyl (C=O) groups is 3. The van der Waals surface area contributed by atoms with Gasteiger partial charge in [0.1, 0.15) is 0 Å². The van der Waals surface area contributed by atoms with Crippen LogP contribution in [0.25, 0.3) is 0 Å². The Morgan fingerprint density at radius 3 is 2.50 bits per heavy atom. The molecule has 6 heteroatoms. The molecule has 0 aromatic carbocycles. The lowest BCUT2D eigenvalue weighted by molar-refractivity contribution is -0.130. The van der Waals surface area contributed by atoms with E-state index in [1.54, 1.807) is 6.07 Å². The van der Waals surface area contributed by atoms with Crippen LogP contribution in [0.4, 0.5) is 0 Å². The maximum Gasteiger partial charge on any atom is 0.224 e. The van der Waals surface area contributed by atoms with Gasteiger partial charge in [0.15, 0.2) is 5.78 Å². The summed E-state index contributed by atoms with van der Waals surface area (Å²) in [5, 5.41) is 2.71. The molecule has 1 fully saturated rings. The van der Waals surface area contributed by atoms with Gasteiger partial charge in [-0.1, -0.05) is 0 Å². The number of carbonyl (C=O) groups excluding carboxylic acids is 3. The van der Waals surface area contributed by atoms with Crippen molar-refractivity contribution >= 4 is 28.9 Å². The Hall–Kier alpha value is -1.69. The number of likely N-dealkylation sites (tertiary alicyclic amines) is 1. The predicted octanol–water partition coefficient (Wildman–Crippen LogP) is 2.15. The molecule has 2 rings (SSSR count). The summed E-state index contributed by atoms with van der Waals surface area (Å²) in [5.41, 5.74) is 0. The first-order chi connectivity index (χ1) is 10.6. The molecule has 1 aromatic rings. The second-order valence-electron chi connectivity index (χ2n) is 5.52. The third kappa shape index (κ3) is 4.94. The molecular formula is C16H22N2O3S. The lowest BCUT2D eigenvalue weighted by atomic mass is 10.2. The summed E-state index contributed by atoms with van der Waals surface area (Å²) in [5.74, 6) is -0.0693. The highest BCUT2D eigenvalue weighted by atomic mass is 32.1. The van der Waals surface area contributed by atoms with Crippen molar-refractivity contribution in [1.29, 1.82) is 0 Å². The molecule has 1 N–H and O–H groups in total. The molecule has 0 unspecified atom stereocenters. The van der Waals surface area contributed by atoms with Crippen molar-refractivity contribution in [2.24, 2.45) is 0 Å². The van der Waals surface area contributed by atoms with E-state index in [9.17, 15) is 14.4 Å². The molecule has 1 aliphatic rings. The zero-order chi connectivity index (χ0) is 15.9. The van der Waals surface area contributed by atoms with Crippen LogP contribution < -0.4 is 5.32 Å². The van der Waals surface area contributed by atoms with Crippen LogP contribution in [0.5, 0.6) is 0 Å². The number of hydrogen-bond donors (Lipinski definition) is 1. The number of nitrogens with zero attached hydrogens (tertiary/aromatic N) is 1. The Bertz CT molecular complexity index is 547. The molecule has 0 atom stereocenters. The predicted molar refractivity (Wildman–Crippen MR) is 86.1 cm³/mol. The van der Waals surface area contributed by atoms with Gasteiger partial charge in [0.05, 0.1) is 4.88 Å². The van der Waals surface area contributed by atoms with Gasteiger partial charge in [-0.25, -0.2) is 0 Å². The van der Waals surface area contributed by atoms with Gasteiger partial charge < -0.3 is 10.2 Å². The Kier molecular flexibility index (Phi) is 6.12. The fraction of sp³-hybridized carbons (Fsp3) is 0.562. The minimum absolute atomic E-state index is 0.00129. The maximum absolute atomic E-state index is 11.9. The van der Waals surface area contributed by atoms with Crippen molar-refractivity contribution in [2.45, 2.75) is 39.0 Å². The summed E-state index contributed by atoms with van der Waals surface area (Å²) in [6.45, 7) is 3.97. The number of nitrogens with one attached hydrogen (secondary N) is 1. The molecule has 0 saturated carbocycles. The van der Waals surface area contributed by atoms with Gasteiger partial charge in [-0.2, -0.15) is 0 Å². The molecule has 0 radical (unpaired) electrons. The number of aryl methyl sites for hydroxylation is 1. The standard InChI is InChI=1S/C16H22N2O3S/c1-12-4-6-14(22-12)13(19)5-7-15(20)17-9-8-16(21)18-10-2-3-11-18/h4,6H,2-3,5,7-11H2,1H3,(H,17,20). The zero-order valence-electron chi connectivity index (χ0n) is 12.9. The van der Waals surface area contributed by atoms with E-state index in [2.05, 4.69) is 5.32 Å². The van der Waals surface area contributed by atoms with E-state index in [1.807, 2.05) is 17.9 Å². The van der Waals surface area contributed by atoms with E-state index in [0.717, 1.165) is 30.8 Å². The van der Waals surface area contributed by atoms with Crippen LogP contribution in [-0.2, 0) is 9.59 Å². The zero-order valence-corrected chi connectivity index (χ0v) is 13.7. The fourth-order valence-electron chi connectivity index (χ4n) is 2.46. The maximum atomic E-state index is 11.9. The number of ketones is 1. The topological polar surface area (TPSA) is 66.5 Å². The molecule has 120 valence electrons. The Morgan fingerprint density at radius 2 is 1.86 bits per heavy atom. The van der Waals surface area contributed by atoms with Crippen LogP contribution in [0, 0.1) is 6.92 Å². The summed E-state index contributed by atoms with van der Waals surface area (Å²) in [7, 11) is 0. The SMILES string of the molecule is Cc1ccc(C(=O)CCC(=O)NCCC(=O)N2CCCC2)s1.